The highest BCUT2D eigenvalue weighted by Gasteiger charge is 2.62. The molecule has 29 heavy (non-hydrogen) atoms. The second-order valence-corrected chi connectivity index (χ2v) is 9.63. The zero-order chi connectivity index (χ0) is 22.0. The lowest BCUT2D eigenvalue weighted by Crippen LogP contribution is -2.47. The van der Waals surface area contributed by atoms with E-state index in [0.29, 0.717) is 0 Å². The summed E-state index contributed by atoms with van der Waals surface area (Å²) in [4.78, 5) is 27.5. The van der Waals surface area contributed by atoms with E-state index in [1.807, 2.05) is 6.92 Å². The van der Waals surface area contributed by atoms with E-state index in [9.17, 15) is 23.1 Å². The van der Waals surface area contributed by atoms with E-state index in [-0.39, 0.29) is 23.8 Å². The molecule has 1 amide bonds. The summed E-state index contributed by atoms with van der Waals surface area (Å²) < 4.78 is 31.8. The van der Waals surface area contributed by atoms with Crippen LogP contribution in [0.3, 0.4) is 0 Å². The molecule has 0 aliphatic heterocycles. The van der Waals surface area contributed by atoms with E-state index in [2.05, 4.69) is 15.0 Å². The van der Waals surface area contributed by atoms with Gasteiger partial charge in [-0.2, -0.15) is 0 Å². The van der Waals surface area contributed by atoms with Gasteiger partial charge >= 0.3 is 12.1 Å². The third-order valence-corrected chi connectivity index (χ3v) is 5.63. The van der Waals surface area contributed by atoms with Gasteiger partial charge in [0.25, 0.3) is 10.0 Å². The maximum atomic E-state index is 12.3. The van der Waals surface area contributed by atoms with Gasteiger partial charge in [0.1, 0.15) is 11.1 Å². The standard InChI is InChI=1S/C18H26N4O6S/c1-11-5-7-13(8-6-11)29(26,27)22-15(19)20-10-12-9-18(12,14(23)24)21-16(25)28-17(2,3)4/h5-8,12H,9-10H2,1-4H3,(H,21,25)(H,23,24)(H3,19,20,22)/t12-,18+/m0/s1. The molecule has 0 bridgehead atoms. The Morgan fingerprint density at radius 1 is 1.31 bits per heavy atom. The Kier molecular flexibility index (Phi) is 6.12. The number of nitrogens with zero attached hydrogens (tertiary/aromatic N) is 1. The van der Waals surface area contributed by atoms with Gasteiger partial charge in [-0.25, -0.2) is 22.7 Å². The van der Waals surface area contributed by atoms with Crippen LogP contribution in [0.4, 0.5) is 4.79 Å². The third-order valence-electron chi connectivity index (χ3n) is 4.26. The van der Waals surface area contributed by atoms with Gasteiger partial charge in [0.05, 0.1) is 4.90 Å². The molecular formula is C18H26N4O6S. The van der Waals surface area contributed by atoms with Crippen LogP contribution < -0.4 is 15.8 Å². The average molecular weight is 426 g/mol. The lowest BCUT2D eigenvalue weighted by molar-refractivity contribution is -0.141. The van der Waals surface area contributed by atoms with Crippen molar-refractivity contribution in [2.24, 2.45) is 16.6 Å². The fraction of sp³-hybridized carbons (Fsp3) is 0.500. The van der Waals surface area contributed by atoms with E-state index in [1.165, 1.54) is 12.1 Å². The number of amides is 1. The molecule has 0 aromatic heterocycles. The van der Waals surface area contributed by atoms with Gasteiger partial charge in [-0.3, -0.25) is 4.99 Å². The average Bonchev–Trinajstić information content (AvgIpc) is 3.25. The van der Waals surface area contributed by atoms with E-state index in [1.54, 1.807) is 32.9 Å². The summed E-state index contributed by atoms with van der Waals surface area (Å²) in [6.45, 7) is 6.74. The van der Waals surface area contributed by atoms with Crippen molar-refractivity contribution in [2.45, 2.75) is 50.2 Å². The molecule has 1 aliphatic carbocycles. The molecule has 1 fully saturated rings. The number of nitrogens with one attached hydrogen (secondary N) is 2. The Morgan fingerprint density at radius 2 is 1.90 bits per heavy atom. The molecule has 1 saturated carbocycles. The molecule has 2 rings (SSSR count). The van der Waals surface area contributed by atoms with Gasteiger partial charge in [0, 0.05) is 12.5 Å². The van der Waals surface area contributed by atoms with Gasteiger partial charge in [0.2, 0.25) is 5.96 Å². The number of carboxylic acids is 1. The van der Waals surface area contributed by atoms with Crippen LogP contribution in [-0.4, -0.2) is 49.2 Å². The number of carbonyl (C=O) groups is 2. The number of alkyl carbamates (subject to hydrolysis) is 1. The number of rotatable bonds is 6. The Bertz CT molecular complexity index is 921. The molecule has 1 aromatic carbocycles. The van der Waals surface area contributed by atoms with Crippen molar-refractivity contribution < 1.29 is 27.9 Å². The van der Waals surface area contributed by atoms with E-state index in [4.69, 9.17) is 10.5 Å². The summed E-state index contributed by atoms with van der Waals surface area (Å²) in [5.74, 6) is -2.13. The molecule has 1 aliphatic rings. The van der Waals surface area contributed by atoms with Gasteiger partial charge < -0.3 is 20.9 Å². The quantitative estimate of drug-likeness (QED) is 0.389. The van der Waals surface area contributed by atoms with Gasteiger partial charge in [-0.15, -0.1) is 0 Å². The highest BCUT2D eigenvalue weighted by Crippen LogP contribution is 2.44. The second kappa shape index (κ2) is 7.90. The SMILES string of the molecule is Cc1ccc(S(=O)(=O)NC(N)=NC[C@@H]2C[C@]2(NC(=O)OC(C)(C)C)C(=O)O)cc1. The largest absolute Gasteiger partial charge is 0.479 e. The topological polar surface area (TPSA) is 160 Å². The predicted octanol–water partition coefficient (Wildman–Crippen LogP) is 0.956. The van der Waals surface area contributed by atoms with Crippen LogP contribution in [-0.2, 0) is 19.6 Å². The van der Waals surface area contributed by atoms with Crippen molar-refractivity contribution in [3.05, 3.63) is 29.8 Å². The Balaban J connectivity index is 2.00. The fourth-order valence-corrected chi connectivity index (χ4v) is 3.61. The Hall–Kier alpha value is -2.82. The molecule has 10 nitrogen and oxygen atoms in total. The van der Waals surface area contributed by atoms with E-state index in [0.717, 1.165) is 5.56 Å². The van der Waals surface area contributed by atoms with Crippen molar-refractivity contribution in [3.8, 4) is 0 Å². The van der Waals surface area contributed by atoms with Gasteiger partial charge in [-0.05, 0) is 46.2 Å². The number of nitrogens with two attached hydrogens (primary N) is 1. The summed E-state index contributed by atoms with van der Waals surface area (Å²) in [7, 11) is -3.90. The molecule has 5 N–H and O–H groups in total. The first-order valence-corrected chi connectivity index (χ1v) is 10.4. The van der Waals surface area contributed by atoms with Crippen LogP contribution >= 0.6 is 0 Å². The van der Waals surface area contributed by atoms with Gasteiger partial charge in [0.15, 0.2) is 0 Å². The van der Waals surface area contributed by atoms with Crippen LogP contribution in [0.25, 0.3) is 0 Å². The van der Waals surface area contributed by atoms with E-state index >= 15 is 0 Å². The van der Waals surface area contributed by atoms with E-state index < -0.39 is 39.1 Å². The molecule has 0 spiro atoms. The normalized spacial score (nSPS) is 21.9. The minimum atomic E-state index is -3.90. The Labute approximate surface area is 169 Å². The maximum Gasteiger partial charge on any atom is 0.408 e. The molecule has 0 unspecified atom stereocenters. The number of guanidine groups is 1. The molecule has 11 heteroatoms. The molecule has 0 saturated heterocycles. The van der Waals surface area contributed by atoms with Crippen LogP contribution in [0.2, 0.25) is 0 Å². The molecular weight excluding hydrogens is 400 g/mol. The number of hydrogen-bond acceptors (Lipinski definition) is 6. The third kappa shape index (κ3) is 5.83. The molecule has 0 heterocycles. The number of hydrogen-bond donors (Lipinski definition) is 4. The van der Waals surface area contributed by atoms with Crippen LogP contribution in [0, 0.1) is 12.8 Å². The van der Waals surface area contributed by atoms with Gasteiger partial charge in [-0.1, -0.05) is 17.7 Å². The molecule has 2 atom stereocenters. The maximum absolute atomic E-state index is 12.3. The monoisotopic (exact) mass is 426 g/mol. The van der Waals surface area contributed by atoms with Crippen LogP contribution in [0.15, 0.2) is 34.2 Å². The number of carboxylic acid groups (broad SMARTS) is 1. The summed E-state index contributed by atoms with van der Waals surface area (Å²) in [6, 6.07) is 6.17. The lowest BCUT2D eigenvalue weighted by Gasteiger charge is -2.22. The fourth-order valence-electron chi connectivity index (χ4n) is 2.66. The minimum absolute atomic E-state index is 0.0270. The molecule has 0 radical (unpaired) electrons. The lowest BCUT2D eigenvalue weighted by atomic mass is 10.2. The molecule has 160 valence electrons. The number of aliphatic imine (C=N–C) groups is 1. The number of aliphatic carboxylic acids is 1. The van der Waals surface area contributed by atoms with Crippen molar-refractivity contribution >= 4 is 28.0 Å². The highest BCUT2D eigenvalue weighted by atomic mass is 32.2. The summed E-state index contributed by atoms with van der Waals surface area (Å²) in [5, 5.41) is 11.8. The summed E-state index contributed by atoms with van der Waals surface area (Å²) in [6.07, 6.45) is -0.720. The van der Waals surface area contributed by atoms with Crippen LogP contribution in [0.5, 0.6) is 0 Å². The number of sulfonamides is 1. The number of aryl methyl sites for hydroxylation is 1. The predicted molar refractivity (Wildman–Crippen MR) is 106 cm³/mol. The van der Waals surface area contributed by atoms with Crippen molar-refractivity contribution in [1.82, 2.24) is 10.0 Å². The number of carbonyl (C=O) groups excluding carboxylic acids is 1. The zero-order valence-corrected chi connectivity index (χ0v) is 17.5. The smallest absolute Gasteiger partial charge is 0.408 e. The number of benzene rings is 1. The number of ether oxygens (including phenoxy) is 1. The van der Waals surface area contributed by atoms with Crippen molar-refractivity contribution in [2.75, 3.05) is 6.54 Å². The van der Waals surface area contributed by atoms with Crippen molar-refractivity contribution in [1.29, 1.82) is 0 Å². The highest BCUT2D eigenvalue weighted by molar-refractivity contribution is 7.90. The first kappa shape index (κ1) is 22.5. The summed E-state index contributed by atoms with van der Waals surface area (Å²) in [5.41, 5.74) is 4.27. The van der Waals surface area contributed by atoms with Crippen LogP contribution in [0.1, 0.15) is 32.8 Å². The first-order valence-electron chi connectivity index (χ1n) is 8.89. The second-order valence-electron chi connectivity index (χ2n) is 7.95. The Morgan fingerprint density at radius 3 is 2.41 bits per heavy atom. The zero-order valence-electron chi connectivity index (χ0n) is 16.7. The summed E-state index contributed by atoms with van der Waals surface area (Å²) >= 11 is 0. The minimum Gasteiger partial charge on any atom is -0.479 e. The molecule has 1 aromatic rings. The first-order chi connectivity index (χ1) is 13.2. The van der Waals surface area contributed by atoms with Crippen molar-refractivity contribution in [3.63, 3.8) is 0 Å².